The van der Waals surface area contributed by atoms with Gasteiger partial charge in [-0.2, -0.15) is 0 Å². The Morgan fingerprint density at radius 2 is 0.536 bits per heavy atom. The fourth-order valence-electron chi connectivity index (χ4n) is 8.73. The minimum atomic E-state index is -4.96. The monoisotopic (exact) mass is 1390 g/mol. The molecule has 0 amide bonds. The number of esters is 3. The molecule has 0 aliphatic carbocycles. The molecule has 16 nitrogen and oxygen atoms in total. The lowest BCUT2D eigenvalue weighted by molar-refractivity contribution is -0.161. The second-order valence-corrected chi connectivity index (χ2v) is 26.1. The Kier molecular flexibility index (Phi) is 66.6. The Labute approximate surface area is 585 Å². The Morgan fingerprint density at radius 1 is 0.289 bits per heavy atom. The summed E-state index contributed by atoms with van der Waals surface area (Å²) in [6.07, 6.45) is 89.5. The number of allylic oxidation sites excluding steroid dienone is 30. The molecule has 0 saturated carbocycles. The van der Waals surface area contributed by atoms with Gasteiger partial charge in [0.05, 0.1) is 26.4 Å². The highest BCUT2D eigenvalue weighted by Crippen LogP contribution is 2.45. The van der Waals surface area contributed by atoms with Gasteiger partial charge in [-0.15, -0.1) is 0 Å². The SMILES string of the molecule is CC/C=C\C/C=C\C/C=C\C/C=C\C/C=C\C/C=C\CCC(=O)OCC(COP(=O)(O)OCC(O)COP(=O)(O)OCC(O)COC(=O)CCCCCCCCCCC/C=C\C/C=C\C/C=C\C/C=C\C/C=C\CC)OC(=O)CCCCCC/C=C\C/C=C\C/C=C\C/C=C\CC. The van der Waals surface area contributed by atoms with Crippen LogP contribution in [0.25, 0.3) is 0 Å². The molecular weight excluding hydrogens is 1270 g/mol. The highest BCUT2D eigenvalue weighted by molar-refractivity contribution is 7.47. The van der Waals surface area contributed by atoms with Crippen LogP contribution in [0.4, 0.5) is 0 Å². The number of aliphatic hydroxyl groups excluding tert-OH is 2. The molecule has 0 aliphatic heterocycles. The number of rotatable bonds is 66. The van der Waals surface area contributed by atoms with Crippen molar-refractivity contribution in [2.75, 3.05) is 39.6 Å². The van der Waals surface area contributed by atoms with Crippen LogP contribution in [0.2, 0.25) is 0 Å². The van der Waals surface area contributed by atoms with E-state index in [9.17, 15) is 43.5 Å². The van der Waals surface area contributed by atoms with Crippen molar-refractivity contribution in [2.24, 2.45) is 0 Å². The summed E-state index contributed by atoms with van der Waals surface area (Å²) in [5.74, 6) is -1.72. The summed E-state index contributed by atoms with van der Waals surface area (Å²) >= 11 is 0. The molecule has 5 atom stereocenters. The normalized spacial score (nSPS) is 15.2. The summed E-state index contributed by atoms with van der Waals surface area (Å²) in [7, 11) is -9.83. The molecule has 0 aromatic heterocycles. The minimum Gasteiger partial charge on any atom is -0.463 e. The number of carbonyl (C=O) groups is 3. The van der Waals surface area contributed by atoms with Gasteiger partial charge in [0.1, 0.15) is 25.4 Å². The third-order valence-electron chi connectivity index (χ3n) is 14.1. The molecular formula is C79H126O16P2. The summed E-state index contributed by atoms with van der Waals surface area (Å²) in [5.41, 5.74) is 0. The summed E-state index contributed by atoms with van der Waals surface area (Å²) in [4.78, 5) is 58.5. The summed E-state index contributed by atoms with van der Waals surface area (Å²) < 4.78 is 60.9. The molecule has 4 N–H and O–H groups in total. The van der Waals surface area contributed by atoms with E-state index in [1.165, 1.54) is 25.7 Å². The van der Waals surface area contributed by atoms with Crippen LogP contribution in [0.15, 0.2) is 182 Å². The molecule has 0 saturated heterocycles. The van der Waals surface area contributed by atoms with E-state index >= 15 is 0 Å². The maximum Gasteiger partial charge on any atom is 0.472 e. The zero-order chi connectivity index (χ0) is 70.9. The number of phosphoric acid groups is 2. The maximum absolute atomic E-state index is 12.9. The van der Waals surface area contributed by atoms with Crippen molar-refractivity contribution < 1.29 is 75.8 Å². The minimum absolute atomic E-state index is 0.0320. The number of phosphoric ester groups is 2. The summed E-state index contributed by atoms with van der Waals surface area (Å²) in [6.45, 7) is 2.17. The van der Waals surface area contributed by atoms with Gasteiger partial charge in [-0.1, -0.05) is 261 Å². The first kappa shape index (κ1) is 91.6. The standard InChI is InChI=1S/C79H126O16P2/c1-4-7-10-13-16-19-22-25-28-31-33-34-35-36-37-38-40-43-44-47-50-53-56-59-62-65-77(82)89-68-74(80)69-91-96(85,86)92-70-75(81)71-93-97(87,88)94-73-76(95-79(84)67-64-61-58-55-52-49-46-41-30-27-24-21-18-15-12-9-6-3)72-90-78(83)66-63-60-57-54-51-48-45-42-39-32-29-26-23-20-17-14-11-8-5-2/h7-12,16-21,25-30,33-34,36-37,39,42,46,48-49,51,57,60,74-76,80-81H,4-6,13-15,22-24,31-32,35,38,40-41,43-45,47,50,52-56,58-59,61-73H2,1-3H3,(H,85,86)(H,87,88)/b10-7-,11-8-,12-9-,19-16-,20-17-,21-18-,28-25-,29-26-,30-27-,34-33-,37-36-,42-39-,49-46-,51-48-,60-57-. The Morgan fingerprint density at radius 3 is 0.876 bits per heavy atom. The molecule has 0 fully saturated rings. The maximum atomic E-state index is 12.9. The van der Waals surface area contributed by atoms with Gasteiger partial charge >= 0.3 is 33.6 Å². The van der Waals surface area contributed by atoms with Gasteiger partial charge in [0, 0.05) is 19.3 Å². The second-order valence-electron chi connectivity index (χ2n) is 23.2. The average Bonchev–Trinajstić information content (AvgIpc) is 2.14. The van der Waals surface area contributed by atoms with E-state index in [0.717, 1.165) is 148 Å². The quantitative estimate of drug-likeness (QED) is 0.0146. The van der Waals surface area contributed by atoms with Crippen LogP contribution in [-0.4, -0.2) is 95.9 Å². The first-order valence-corrected chi connectivity index (χ1v) is 39.1. The molecule has 0 spiro atoms. The van der Waals surface area contributed by atoms with Crippen LogP contribution < -0.4 is 0 Å². The number of unbranched alkanes of at least 4 members (excludes halogenated alkanes) is 13. The van der Waals surface area contributed by atoms with Crippen molar-refractivity contribution in [2.45, 2.75) is 257 Å². The lowest BCUT2D eigenvalue weighted by Crippen LogP contribution is -2.30. The van der Waals surface area contributed by atoms with Gasteiger partial charge < -0.3 is 34.2 Å². The van der Waals surface area contributed by atoms with Crippen molar-refractivity contribution >= 4 is 33.6 Å². The van der Waals surface area contributed by atoms with Gasteiger partial charge in [-0.05, 0) is 141 Å². The van der Waals surface area contributed by atoms with Gasteiger partial charge in [0.2, 0.25) is 0 Å². The largest absolute Gasteiger partial charge is 0.472 e. The molecule has 0 radical (unpaired) electrons. The summed E-state index contributed by atoms with van der Waals surface area (Å²) in [5, 5.41) is 20.6. The van der Waals surface area contributed by atoms with E-state index in [-0.39, 0.29) is 19.3 Å². The van der Waals surface area contributed by atoms with E-state index < -0.39 is 91.5 Å². The van der Waals surface area contributed by atoms with Crippen molar-refractivity contribution in [1.82, 2.24) is 0 Å². The second kappa shape index (κ2) is 70.5. The zero-order valence-electron chi connectivity index (χ0n) is 59.4. The fourth-order valence-corrected chi connectivity index (χ4v) is 10.3. The fraction of sp³-hybridized carbons (Fsp3) is 0.582. The molecule has 97 heavy (non-hydrogen) atoms. The first-order valence-electron chi connectivity index (χ1n) is 36.1. The third-order valence-corrected chi connectivity index (χ3v) is 16.0. The van der Waals surface area contributed by atoms with Crippen LogP contribution in [0.1, 0.15) is 239 Å². The van der Waals surface area contributed by atoms with Gasteiger partial charge in [-0.25, -0.2) is 9.13 Å². The van der Waals surface area contributed by atoms with Gasteiger partial charge in [0.15, 0.2) is 6.10 Å². The van der Waals surface area contributed by atoms with Crippen molar-refractivity contribution in [3.63, 3.8) is 0 Å². The van der Waals surface area contributed by atoms with Crippen molar-refractivity contribution in [3.05, 3.63) is 182 Å². The lowest BCUT2D eigenvalue weighted by atomic mass is 10.1. The summed E-state index contributed by atoms with van der Waals surface area (Å²) in [6, 6.07) is 0. The van der Waals surface area contributed by atoms with Crippen LogP contribution >= 0.6 is 15.6 Å². The molecule has 0 aromatic carbocycles. The highest BCUT2D eigenvalue weighted by atomic mass is 31.2. The van der Waals surface area contributed by atoms with Crippen molar-refractivity contribution in [3.8, 4) is 0 Å². The van der Waals surface area contributed by atoms with Gasteiger partial charge in [0.25, 0.3) is 0 Å². The number of hydrogen-bond acceptors (Lipinski definition) is 14. The predicted molar refractivity (Wildman–Crippen MR) is 398 cm³/mol. The number of ether oxygens (including phenoxy) is 3. The molecule has 18 heteroatoms. The molecule has 5 unspecified atom stereocenters. The number of carbonyl (C=O) groups excluding carboxylic acids is 3. The smallest absolute Gasteiger partial charge is 0.463 e. The van der Waals surface area contributed by atoms with E-state index in [4.69, 9.17) is 32.3 Å². The Balaban J connectivity index is 4.73. The molecule has 0 aromatic rings. The molecule has 0 heterocycles. The third kappa shape index (κ3) is 71.7. The Bertz CT molecular complexity index is 2490. The zero-order valence-corrected chi connectivity index (χ0v) is 61.2. The molecule has 548 valence electrons. The molecule has 0 bridgehead atoms. The Hall–Kier alpha value is -5.35. The highest BCUT2D eigenvalue weighted by Gasteiger charge is 2.29. The van der Waals surface area contributed by atoms with Crippen LogP contribution in [0.3, 0.4) is 0 Å². The molecule has 0 aliphatic rings. The number of aliphatic hydroxyl groups is 2. The van der Waals surface area contributed by atoms with Crippen LogP contribution in [0.5, 0.6) is 0 Å². The van der Waals surface area contributed by atoms with E-state index in [2.05, 4.69) is 185 Å². The first-order chi connectivity index (χ1) is 47.2. The lowest BCUT2D eigenvalue weighted by Gasteiger charge is -2.21. The van der Waals surface area contributed by atoms with Crippen LogP contribution in [0, 0.1) is 0 Å². The van der Waals surface area contributed by atoms with E-state index in [1.54, 1.807) is 0 Å². The predicted octanol–water partition coefficient (Wildman–Crippen LogP) is 20.6. The van der Waals surface area contributed by atoms with Gasteiger partial charge in [-0.3, -0.25) is 32.5 Å². The topological polar surface area (TPSA) is 231 Å². The van der Waals surface area contributed by atoms with E-state index in [1.807, 2.05) is 18.2 Å². The van der Waals surface area contributed by atoms with E-state index in [0.29, 0.717) is 25.7 Å². The molecule has 0 rings (SSSR count). The number of hydrogen-bond donors (Lipinski definition) is 4. The average molecular weight is 1390 g/mol. The van der Waals surface area contributed by atoms with Crippen molar-refractivity contribution in [1.29, 1.82) is 0 Å². The van der Waals surface area contributed by atoms with Crippen LogP contribution in [-0.2, 0) is 55.8 Å².